The van der Waals surface area contributed by atoms with Gasteiger partial charge in [-0.1, -0.05) is 53.5 Å². The van der Waals surface area contributed by atoms with Gasteiger partial charge in [-0.05, 0) is 29.0 Å². The SMILES string of the molecule is COCc1nn(-c2c(Cl)cc(C(F)(F)F)cc2Cl)c(N(C)C)c1Cc1c(OC)ccc2ccccc12. The molecule has 1 aromatic heterocycles. The second-order valence-electron chi connectivity index (χ2n) is 8.42. The highest BCUT2D eigenvalue weighted by atomic mass is 35.5. The zero-order valence-electron chi connectivity index (χ0n) is 20.1. The first-order valence-electron chi connectivity index (χ1n) is 10.9. The molecule has 0 saturated heterocycles. The highest BCUT2D eigenvalue weighted by Crippen LogP contribution is 2.41. The van der Waals surface area contributed by atoms with Gasteiger partial charge >= 0.3 is 6.18 Å². The maximum atomic E-state index is 13.3. The van der Waals surface area contributed by atoms with E-state index in [9.17, 15) is 13.2 Å². The van der Waals surface area contributed by atoms with Crippen LogP contribution >= 0.6 is 23.2 Å². The van der Waals surface area contributed by atoms with Crippen LogP contribution in [0.4, 0.5) is 19.0 Å². The van der Waals surface area contributed by atoms with Gasteiger partial charge in [0.15, 0.2) is 0 Å². The number of benzene rings is 3. The van der Waals surface area contributed by atoms with E-state index in [0.29, 0.717) is 23.7 Å². The van der Waals surface area contributed by atoms with Gasteiger partial charge in [0.2, 0.25) is 0 Å². The summed E-state index contributed by atoms with van der Waals surface area (Å²) in [5.74, 6) is 1.32. The van der Waals surface area contributed by atoms with Crippen molar-refractivity contribution in [1.82, 2.24) is 9.78 Å². The Morgan fingerprint density at radius 3 is 2.22 bits per heavy atom. The van der Waals surface area contributed by atoms with Gasteiger partial charge in [-0.25, -0.2) is 4.68 Å². The van der Waals surface area contributed by atoms with Crippen molar-refractivity contribution in [3.63, 3.8) is 0 Å². The summed E-state index contributed by atoms with van der Waals surface area (Å²) in [5, 5.41) is 6.43. The predicted octanol–water partition coefficient (Wildman–Crippen LogP) is 7.16. The minimum Gasteiger partial charge on any atom is -0.496 e. The van der Waals surface area contributed by atoms with Gasteiger partial charge in [-0.2, -0.15) is 18.3 Å². The van der Waals surface area contributed by atoms with Crippen molar-refractivity contribution >= 4 is 39.8 Å². The molecule has 0 N–H and O–H groups in total. The number of hydrogen-bond acceptors (Lipinski definition) is 4. The summed E-state index contributed by atoms with van der Waals surface area (Å²) in [6, 6.07) is 13.6. The maximum absolute atomic E-state index is 13.3. The Morgan fingerprint density at radius 2 is 1.64 bits per heavy atom. The van der Waals surface area contributed by atoms with Gasteiger partial charge in [0.1, 0.15) is 17.3 Å². The first-order valence-corrected chi connectivity index (χ1v) is 11.7. The van der Waals surface area contributed by atoms with Crippen LogP contribution in [0.1, 0.15) is 22.4 Å². The quantitative estimate of drug-likeness (QED) is 0.250. The summed E-state index contributed by atoms with van der Waals surface area (Å²) >= 11 is 12.7. The number of anilines is 1. The molecule has 0 saturated carbocycles. The second-order valence-corrected chi connectivity index (χ2v) is 9.23. The monoisotopic (exact) mass is 537 g/mol. The highest BCUT2D eigenvalue weighted by molar-refractivity contribution is 6.38. The van der Waals surface area contributed by atoms with Crippen LogP contribution < -0.4 is 9.64 Å². The van der Waals surface area contributed by atoms with E-state index in [0.717, 1.165) is 34.0 Å². The molecule has 0 aliphatic rings. The largest absolute Gasteiger partial charge is 0.496 e. The van der Waals surface area contributed by atoms with Crippen LogP contribution in [0.5, 0.6) is 5.75 Å². The summed E-state index contributed by atoms with van der Waals surface area (Å²) in [4.78, 5) is 1.82. The number of aromatic nitrogens is 2. The number of ether oxygens (including phenoxy) is 2. The Balaban J connectivity index is 1.97. The van der Waals surface area contributed by atoms with Crippen LogP contribution in [0.3, 0.4) is 0 Å². The molecule has 0 aliphatic carbocycles. The van der Waals surface area contributed by atoms with Gasteiger partial charge in [0.05, 0.1) is 35.0 Å². The van der Waals surface area contributed by atoms with Crippen molar-refractivity contribution in [2.45, 2.75) is 19.2 Å². The minimum absolute atomic E-state index is 0.156. The number of fused-ring (bicyclic) bond motifs is 1. The van der Waals surface area contributed by atoms with Crippen molar-refractivity contribution in [3.05, 3.63) is 81.0 Å². The molecular formula is C26H24Cl2F3N3O2. The third-order valence-electron chi connectivity index (χ3n) is 5.87. The lowest BCUT2D eigenvalue weighted by molar-refractivity contribution is -0.137. The van der Waals surface area contributed by atoms with Gasteiger partial charge in [0, 0.05) is 38.8 Å². The van der Waals surface area contributed by atoms with E-state index in [1.165, 1.54) is 4.68 Å². The summed E-state index contributed by atoms with van der Waals surface area (Å²) < 4.78 is 52.5. The third-order valence-corrected chi connectivity index (χ3v) is 6.45. The molecule has 0 atom stereocenters. The van der Waals surface area contributed by atoms with E-state index in [1.54, 1.807) is 14.2 Å². The fourth-order valence-electron chi connectivity index (χ4n) is 4.33. The molecular weight excluding hydrogens is 514 g/mol. The summed E-state index contributed by atoms with van der Waals surface area (Å²) in [6.07, 6.45) is -4.16. The summed E-state index contributed by atoms with van der Waals surface area (Å²) in [5.41, 5.74) is 1.58. The first kappa shape index (κ1) is 26.1. The van der Waals surface area contributed by atoms with E-state index in [2.05, 4.69) is 0 Å². The molecule has 3 aromatic carbocycles. The number of nitrogens with zero attached hydrogens (tertiary/aromatic N) is 3. The molecule has 0 fully saturated rings. The van der Waals surface area contributed by atoms with Gasteiger partial charge in [-0.3, -0.25) is 0 Å². The van der Waals surface area contributed by atoms with E-state index in [4.69, 9.17) is 37.8 Å². The van der Waals surface area contributed by atoms with E-state index in [-0.39, 0.29) is 22.3 Å². The number of hydrogen-bond donors (Lipinski definition) is 0. The summed E-state index contributed by atoms with van der Waals surface area (Å²) in [7, 11) is 6.80. The molecule has 0 aliphatic heterocycles. The Kier molecular flexibility index (Phi) is 7.41. The zero-order chi connectivity index (χ0) is 26.2. The Hall–Kier alpha value is -2.94. The molecule has 0 amide bonds. The molecule has 0 radical (unpaired) electrons. The van der Waals surface area contributed by atoms with Crippen LogP contribution in [-0.4, -0.2) is 38.1 Å². The molecule has 1 heterocycles. The van der Waals surface area contributed by atoms with Crippen LogP contribution in [0, 0.1) is 0 Å². The highest BCUT2D eigenvalue weighted by Gasteiger charge is 2.33. The van der Waals surface area contributed by atoms with Crippen molar-refractivity contribution in [3.8, 4) is 11.4 Å². The molecule has 36 heavy (non-hydrogen) atoms. The maximum Gasteiger partial charge on any atom is 0.416 e. The standard InChI is InChI=1S/C26H24Cl2F3N3O2/c1-33(2)25-19(13-18-17-8-6-5-7-15(17)9-10-23(18)36-4)22(14-35-3)32-34(25)24-20(27)11-16(12-21(24)28)26(29,30)31/h5-12H,13-14H2,1-4H3. The molecule has 5 nitrogen and oxygen atoms in total. The van der Waals surface area contributed by atoms with Crippen LogP contribution in [-0.2, 0) is 23.9 Å². The van der Waals surface area contributed by atoms with Crippen LogP contribution in [0.15, 0.2) is 48.5 Å². The molecule has 190 valence electrons. The van der Waals surface area contributed by atoms with E-state index >= 15 is 0 Å². The lowest BCUT2D eigenvalue weighted by Crippen LogP contribution is -2.17. The predicted molar refractivity (Wildman–Crippen MR) is 137 cm³/mol. The minimum atomic E-state index is -4.59. The first-order chi connectivity index (χ1) is 17.1. The molecule has 0 bridgehead atoms. The second kappa shape index (κ2) is 10.2. The topological polar surface area (TPSA) is 39.5 Å². The number of halogens is 5. The van der Waals surface area contributed by atoms with Gasteiger partial charge in [-0.15, -0.1) is 0 Å². The number of rotatable bonds is 7. The fraction of sp³-hybridized carbons (Fsp3) is 0.269. The Bertz CT molecular complexity index is 1390. The lowest BCUT2D eigenvalue weighted by Gasteiger charge is -2.20. The number of alkyl halides is 3. The Labute approximate surface area is 216 Å². The van der Waals surface area contributed by atoms with Gasteiger partial charge in [0.25, 0.3) is 0 Å². The van der Waals surface area contributed by atoms with Crippen molar-refractivity contribution < 1.29 is 22.6 Å². The van der Waals surface area contributed by atoms with Crippen LogP contribution in [0.2, 0.25) is 10.0 Å². The van der Waals surface area contributed by atoms with Crippen molar-refractivity contribution in [2.75, 3.05) is 33.2 Å². The zero-order valence-corrected chi connectivity index (χ0v) is 21.6. The summed E-state index contributed by atoms with van der Waals surface area (Å²) in [6.45, 7) is 0.173. The average molecular weight is 538 g/mol. The smallest absolute Gasteiger partial charge is 0.416 e. The van der Waals surface area contributed by atoms with E-state index in [1.807, 2.05) is 55.4 Å². The normalized spacial score (nSPS) is 11.8. The van der Waals surface area contributed by atoms with Gasteiger partial charge < -0.3 is 14.4 Å². The lowest BCUT2D eigenvalue weighted by atomic mass is 9.97. The average Bonchev–Trinajstić information content (AvgIpc) is 3.16. The van der Waals surface area contributed by atoms with Crippen molar-refractivity contribution in [2.24, 2.45) is 0 Å². The molecule has 0 spiro atoms. The fourth-order valence-corrected chi connectivity index (χ4v) is 4.98. The van der Waals surface area contributed by atoms with Crippen LogP contribution in [0.25, 0.3) is 16.5 Å². The molecule has 0 unspecified atom stereocenters. The van der Waals surface area contributed by atoms with E-state index < -0.39 is 11.7 Å². The molecule has 4 aromatic rings. The molecule has 10 heteroatoms. The third kappa shape index (κ3) is 4.85. The molecule has 4 rings (SSSR count). The Morgan fingerprint density at radius 1 is 0.972 bits per heavy atom. The number of methoxy groups -OCH3 is 2. The van der Waals surface area contributed by atoms with Crippen molar-refractivity contribution in [1.29, 1.82) is 0 Å².